The van der Waals surface area contributed by atoms with Crippen LogP contribution in [0.2, 0.25) is 0 Å². The van der Waals surface area contributed by atoms with E-state index in [0.717, 1.165) is 0 Å². The van der Waals surface area contributed by atoms with Gasteiger partial charge in [0, 0.05) is 12.8 Å². The van der Waals surface area contributed by atoms with Gasteiger partial charge >= 0.3 is 32.7 Å². The molecule has 72 valence electrons. The summed E-state index contributed by atoms with van der Waals surface area (Å²) in [5.41, 5.74) is 17.4. The second kappa shape index (κ2) is 22.5. The smallest absolute Gasteiger partial charge is 0.671 e. The molecule has 0 saturated heterocycles. The van der Waals surface area contributed by atoms with Crippen molar-refractivity contribution in [3.05, 3.63) is 17.2 Å². The van der Waals surface area contributed by atoms with Gasteiger partial charge < -0.3 is 31.6 Å². The Morgan fingerprint density at radius 1 is 1.15 bits per heavy atom. The van der Waals surface area contributed by atoms with E-state index in [1.807, 2.05) is 0 Å². The van der Waals surface area contributed by atoms with E-state index in [9.17, 15) is 4.79 Å². The molecule has 0 aromatic carbocycles. The molecular weight excluding hydrogens is 251 g/mol. The normalized spacial score (nSPS) is 6.08. The summed E-state index contributed by atoms with van der Waals surface area (Å²) in [5.74, 6) is -0.611. The van der Waals surface area contributed by atoms with Crippen molar-refractivity contribution in [3.63, 3.8) is 0 Å². The van der Waals surface area contributed by atoms with Crippen molar-refractivity contribution >= 4 is 18.7 Å². The summed E-state index contributed by atoms with van der Waals surface area (Å²) in [6, 6.07) is 0. The van der Waals surface area contributed by atoms with Crippen molar-refractivity contribution in [1.29, 1.82) is 0 Å². The third-order valence-corrected chi connectivity index (χ3v) is 0.524. The van der Waals surface area contributed by atoms with Gasteiger partial charge in [-0.2, -0.15) is 0 Å². The number of nitrogens with one attached hydrogen (secondary N) is 3. The average Bonchev–Trinajstić information content (AvgIpc) is 1.90. The first kappa shape index (κ1) is 22.9. The Kier molecular flexibility index (Phi) is 39.7. The van der Waals surface area contributed by atoms with Gasteiger partial charge in [-0.1, -0.05) is 13.8 Å². The molecule has 0 bridgehead atoms. The SMILES string of the molecule is CC(C)C([NH-])=O.[NH-]C=O.[NH-]C=O.[Y+3]. The summed E-state index contributed by atoms with van der Waals surface area (Å²) >= 11 is 0. The van der Waals surface area contributed by atoms with Crippen LogP contribution in [0.25, 0.3) is 17.2 Å². The number of hydrogen-bond acceptors (Lipinski definition) is 3. The van der Waals surface area contributed by atoms with Crippen LogP contribution in [0.3, 0.4) is 0 Å². The standard InChI is InChI=1S/C4H9NO.2CH3NO.Y/c1-3(2)4(5)6;2*2-1-3;/h3H,1-2H3,(H2,5,6);2*1H,(H2,2,3);/q;;;+3/p-3. The molecule has 0 atom stereocenters. The topological polar surface area (TPSA) is 123 Å². The molecule has 0 fully saturated rings. The minimum absolute atomic E-state index is 0. The fourth-order valence-electron chi connectivity index (χ4n) is 0. The van der Waals surface area contributed by atoms with Crippen molar-refractivity contribution in [2.24, 2.45) is 5.92 Å². The molecule has 0 unspecified atom stereocenters. The maximum atomic E-state index is 9.81. The van der Waals surface area contributed by atoms with Crippen LogP contribution >= 0.6 is 0 Å². The van der Waals surface area contributed by atoms with Gasteiger partial charge in [-0.3, -0.25) is 0 Å². The molecule has 0 aliphatic carbocycles. The van der Waals surface area contributed by atoms with Gasteiger partial charge in [0.25, 0.3) is 0 Å². The van der Waals surface area contributed by atoms with Crippen LogP contribution in [0.5, 0.6) is 0 Å². The summed E-state index contributed by atoms with van der Waals surface area (Å²) in [5, 5.41) is 0. The van der Waals surface area contributed by atoms with E-state index in [-0.39, 0.29) is 51.4 Å². The molecule has 6 nitrogen and oxygen atoms in total. The first-order chi connectivity index (χ1) is 5.47. The molecule has 0 heterocycles. The first-order valence-corrected chi connectivity index (χ1v) is 2.95. The Balaban J connectivity index is -0.0000000501. The van der Waals surface area contributed by atoms with Crippen LogP contribution in [0, 0.1) is 5.92 Å². The average molecular weight is 263 g/mol. The molecule has 0 aliphatic rings. The van der Waals surface area contributed by atoms with Gasteiger partial charge in [-0.15, -0.1) is 0 Å². The number of carbonyl (C=O) groups excluding carboxylic acids is 3. The maximum Gasteiger partial charge on any atom is 3.00 e. The Morgan fingerprint density at radius 2 is 1.23 bits per heavy atom. The summed E-state index contributed by atoms with van der Waals surface area (Å²) in [6.07, 6.45) is 0. The largest absolute Gasteiger partial charge is 3.00 e. The molecule has 0 saturated carbocycles. The van der Waals surface area contributed by atoms with Crippen LogP contribution in [-0.2, 0) is 47.1 Å². The fourth-order valence-corrected chi connectivity index (χ4v) is 0. The number of hydrogen-bond donors (Lipinski definition) is 0. The Hall–Kier alpha value is -0.486. The van der Waals surface area contributed by atoms with Gasteiger partial charge in [-0.05, 0) is 5.92 Å². The van der Waals surface area contributed by atoms with Crippen molar-refractivity contribution in [3.8, 4) is 0 Å². The molecule has 0 aliphatic heterocycles. The van der Waals surface area contributed by atoms with Crippen molar-refractivity contribution in [2.75, 3.05) is 0 Å². The van der Waals surface area contributed by atoms with Gasteiger partial charge in [0.05, 0.1) is 5.91 Å². The summed E-state index contributed by atoms with van der Waals surface area (Å²) in [6.45, 7) is 3.41. The van der Waals surface area contributed by atoms with E-state index in [1.54, 1.807) is 13.8 Å². The third kappa shape index (κ3) is 84.4. The van der Waals surface area contributed by atoms with Crippen LogP contribution in [0.15, 0.2) is 0 Å². The van der Waals surface area contributed by atoms with Gasteiger partial charge in [0.1, 0.15) is 0 Å². The van der Waals surface area contributed by atoms with Crippen LogP contribution in [-0.4, -0.2) is 18.7 Å². The molecular formula is C6H12N3O3Y. The maximum absolute atomic E-state index is 9.81. The molecule has 0 spiro atoms. The van der Waals surface area contributed by atoms with E-state index in [0.29, 0.717) is 0 Å². The fraction of sp³-hybridized carbons (Fsp3) is 0.500. The zero-order valence-electron chi connectivity index (χ0n) is 7.53. The Labute approximate surface area is 102 Å². The summed E-state index contributed by atoms with van der Waals surface area (Å²) in [4.78, 5) is 26.8. The zero-order valence-corrected chi connectivity index (χ0v) is 10.4. The number of amides is 3. The number of rotatable bonds is 1. The monoisotopic (exact) mass is 263 g/mol. The molecule has 7 heteroatoms. The third-order valence-electron chi connectivity index (χ3n) is 0.524. The summed E-state index contributed by atoms with van der Waals surface area (Å²) < 4.78 is 0. The molecule has 3 amide bonds. The predicted molar refractivity (Wildman–Crippen MR) is 44.9 cm³/mol. The van der Waals surface area contributed by atoms with Crippen LogP contribution < -0.4 is 0 Å². The first-order valence-electron chi connectivity index (χ1n) is 2.95. The Bertz CT molecular complexity index is 124. The number of carbonyl (C=O) groups is 3. The van der Waals surface area contributed by atoms with Crippen molar-refractivity contribution < 1.29 is 47.1 Å². The predicted octanol–water partition coefficient (Wildman–Crippen LogP) is 1.61. The van der Waals surface area contributed by atoms with Crippen molar-refractivity contribution in [1.82, 2.24) is 0 Å². The second-order valence-electron chi connectivity index (χ2n) is 1.75. The van der Waals surface area contributed by atoms with Crippen molar-refractivity contribution in [2.45, 2.75) is 13.8 Å². The summed E-state index contributed by atoms with van der Waals surface area (Å²) in [7, 11) is 0. The minimum atomic E-state index is -0.491. The molecule has 13 heavy (non-hydrogen) atoms. The van der Waals surface area contributed by atoms with E-state index in [1.165, 1.54) is 0 Å². The molecule has 0 rings (SSSR count). The zero-order chi connectivity index (χ0) is 10.6. The van der Waals surface area contributed by atoms with E-state index < -0.39 is 5.91 Å². The Morgan fingerprint density at radius 3 is 1.23 bits per heavy atom. The van der Waals surface area contributed by atoms with Gasteiger partial charge in [0.2, 0.25) is 0 Å². The molecule has 3 N–H and O–H groups in total. The van der Waals surface area contributed by atoms with Gasteiger partial charge in [-0.25, -0.2) is 0 Å². The minimum Gasteiger partial charge on any atom is -0.671 e. The molecule has 0 radical (unpaired) electrons. The van der Waals surface area contributed by atoms with E-state index in [2.05, 4.69) is 0 Å². The molecule has 0 aromatic heterocycles. The molecule has 0 aromatic rings. The van der Waals surface area contributed by atoms with E-state index >= 15 is 0 Å². The van der Waals surface area contributed by atoms with Crippen LogP contribution in [0.1, 0.15) is 13.8 Å². The van der Waals surface area contributed by atoms with Gasteiger partial charge in [0.15, 0.2) is 0 Å². The second-order valence-corrected chi connectivity index (χ2v) is 1.75. The van der Waals surface area contributed by atoms with Crippen LogP contribution in [0.4, 0.5) is 0 Å². The van der Waals surface area contributed by atoms with E-state index in [4.69, 9.17) is 26.8 Å². The quantitative estimate of drug-likeness (QED) is 0.667.